The largest absolute Gasteiger partial charge is 0.406 e. The number of hydrogen-bond acceptors (Lipinski definition) is 6. The zero-order valence-electron chi connectivity index (χ0n) is 10.4. The molecule has 0 aliphatic carbocycles. The van der Waals surface area contributed by atoms with Crippen LogP contribution in [0.4, 0.5) is 6.01 Å². The van der Waals surface area contributed by atoms with Gasteiger partial charge in [-0.15, -0.1) is 16.7 Å². The molecule has 1 saturated heterocycles. The minimum Gasteiger partial charge on any atom is -0.406 e. The second-order valence-corrected chi connectivity index (χ2v) is 4.97. The van der Waals surface area contributed by atoms with Gasteiger partial charge in [-0.2, -0.15) is 0 Å². The molecule has 1 aliphatic heterocycles. The zero-order chi connectivity index (χ0) is 13.0. The van der Waals surface area contributed by atoms with E-state index in [2.05, 4.69) is 10.2 Å². The fraction of sp³-hybridized carbons (Fsp3) is 0.818. The Bertz CT molecular complexity index is 364. The number of alkyl halides is 1. The first-order valence-electron chi connectivity index (χ1n) is 6.15. The standard InChI is InChI=1S/C11H18ClN3O3/c1-8(12)10-13-14-11(18-10)15-4-2-9(3-5-15)17-7-6-16/h8-9,16H,2-7H2,1H3. The summed E-state index contributed by atoms with van der Waals surface area (Å²) < 4.78 is 11.0. The predicted molar refractivity (Wildman–Crippen MR) is 66.8 cm³/mol. The number of ether oxygens (including phenoxy) is 1. The first-order chi connectivity index (χ1) is 8.70. The van der Waals surface area contributed by atoms with Gasteiger partial charge in [0.2, 0.25) is 5.89 Å². The van der Waals surface area contributed by atoms with Crippen LogP contribution in [0.5, 0.6) is 0 Å². The van der Waals surface area contributed by atoms with E-state index in [1.54, 1.807) is 6.92 Å². The van der Waals surface area contributed by atoms with Gasteiger partial charge in [0.1, 0.15) is 5.38 Å². The summed E-state index contributed by atoms with van der Waals surface area (Å²) in [6.07, 6.45) is 2.00. The lowest BCUT2D eigenvalue weighted by Gasteiger charge is -2.30. The molecule has 2 heterocycles. The summed E-state index contributed by atoms with van der Waals surface area (Å²) in [5.74, 6) is 0.449. The molecule has 6 nitrogen and oxygen atoms in total. The Morgan fingerprint density at radius 3 is 2.78 bits per heavy atom. The zero-order valence-corrected chi connectivity index (χ0v) is 11.1. The van der Waals surface area contributed by atoms with Gasteiger partial charge in [0.05, 0.1) is 19.3 Å². The fourth-order valence-corrected chi connectivity index (χ4v) is 2.04. The molecule has 18 heavy (non-hydrogen) atoms. The molecule has 0 bridgehead atoms. The van der Waals surface area contributed by atoms with E-state index < -0.39 is 0 Å². The van der Waals surface area contributed by atoms with E-state index >= 15 is 0 Å². The smallest absolute Gasteiger partial charge is 0.318 e. The number of halogens is 1. The van der Waals surface area contributed by atoms with Crippen molar-refractivity contribution in [3.05, 3.63) is 5.89 Å². The first-order valence-corrected chi connectivity index (χ1v) is 6.59. The highest BCUT2D eigenvalue weighted by Crippen LogP contribution is 2.24. The monoisotopic (exact) mass is 275 g/mol. The topological polar surface area (TPSA) is 71.6 Å². The molecule has 1 aromatic rings. The Morgan fingerprint density at radius 1 is 1.50 bits per heavy atom. The Kier molecular flexibility index (Phi) is 4.79. The summed E-state index contributed by atoms with van der Waals surface area (Å²) in [5, 5.41) is 16.3. The van der Waals surface area contributed by atoms with Crippen molar-refractivity contribution in [1.29, 1.82) is 0 Å². The predicted octanol–water partition coefficient (Wildman–Crippen LogP) is 1.35. The second kappa shape index (κ2) is 6.36. The third-order valence-electron chi connectivity index (χ3n) is 2.93. The molecular formula is C11H18ClN3O3. The quantitative estimate of drug-likeness (QED) is 0.818. The summed E-state index contributed by atoms with van der Waals surface area (Å²) in [6.45, 7) is 3.90. The summed E-state index contributed by atoms with van der Waals surface area (Å²) >= 11 is 5.88. The van der Waals surface area contributed by atoms with Gasteiger partial charge in [-0.25, -0.2) is 0 Å². The van der Waals surface area contributed by atoms with Crippen LogP contribution in [0, 0.1) is 0 Å². The molecule has 1 atom stereocenters. The number of aromatic nitrogens is 2. The average Bonchev–Trinajstić information content (AvgIpc) is 2.87. The van der Waals surface area contributed by atoms with Crippen LogP contribution in [0.3, 0.4) is 0 Å². The van der Waals surface area contributed by atoms with E-state index in [9.17, 15) is 0 Å². The molecule has 0 spiro atoms. The molecule has 1 unspecified atom stereocenters. The highest BCUT2D eigenvalue weighted by atomic mass is 35.5. The van der Waals surface area contributed by atoms with Gasteiger partial charge in [0, 0.05) is 13.1 Å². The van der Waals surface area contributed by atoms with E-state index in [0.29, 0.717) is 18.5 Å². The molecular weight excluding hydrogens is 258 g/mol. The molecule has 7 heteroatoms. The van der Waals surface area contributed by atoms with E-state index in [1.165, 1.54) is 0 Å². The maximum absolute atomic E-state index is 8.70. The molecule has 0 amide bonds. The summed E-state index contributed by atoms with van der Waals surface area (Å²) in [6, 6.07) is 0.526. The van der Waals surface area contributed by atoms with Gasteiger partial charge in [0.15, 0.2) is 0 Å². The van der Waals surface area contributed by atoms with Gasteiger partial charge in [-0.05, 0) is 19.8 Å². The number of hydrogen-bond donors (Lipinski definition) is 1. The van der Waals surface area contributed by atoms with Crippen LogP contribution >= 0.6 is 11.6 Å². The minimum absolute atomic E-state index is 0.0703. The maximum atomic E-state index is 8.70. The van der Waals surface area contributed by atoms with Crippen molar-refractivity contribution >= 4 is 17.6 Å². The normalized spacial score (nSPS) is 19.2. The van der Waals surface area contributed by atoms with Crippen LogP contribution in [0.1, 0.15) is 31.0 Å². The minimum atomic E-state index is -0.267. The number of aliphatic hydroxyl groups is 1. The fourth-order valence-electron chi connectivity index (χ4n) is 1.95. The van der Waals surface area contributed by atoms with Crippen molar-refractivity contribution in [1.82, 2.24) is 10.2 Å². The van der Waals surface area contributed by atoms with Crippen LogP contribution in [0.2, 0.25) is 0 Å². The number of aliphatic hydroxyl groups excluding tert-OH is 1. The van der Waals surface area contributed by atoms with Gasteiger partial charge < -0.3 is 19.2 Å². The third kappa shape index (κ3) is 3.34. The second-order valence-electron chi connectivity index (χ2n) is 4.32. The maximum Gasteiger partial charge on any atom is 0.318 e. The van der Waals surface area contributed by atoms with E-state index in [4.69, 9.17) is 25.9 Å². The molecule has 1 aliphatic rings. The van der Waals surface area contributed by atoms with E-state index in [1.807, 2.05) is 4.90 Å². The number of anilines is 1. The lowest BCUT2D eigenvalue weighted by atomic mass is 10.1. The first kappa shape index (κ1) is 13.6. The Morgan fingerprint density at radius 2 is 2.22 bits per heavy atom. The summed E-state index contributed by atoms with van der Waals surface area (Å²) in [4.78, 5) is 2.04. The highest BCUT2D eigenvalue weighted by molar-refractivity contribution is 6.20. The molecule has 2 rings (SSSR count). The number of piperidine rings is 1. The van der Waals surface area contributed by atoms with Gasteiger partial charge >= 0.3 is 6.01 Å². The van der Waals surface area contributed by atoms with Gasteiger partial charge in [-0.3, -0.25) is 0 Å². The summed E-state index contributed by atoms with van der Waals surface area (Å²) in [7, 11) is 0. The Hall–Kier alpha value is -0.850. The summed E-state index contributed by atoms with van der Waals surface area (Å²) in [5.41, 5.74) is 0. The van der Waals surface area contributed by atoms with Gasteiger partial charge in [0.25, 0.3) is 0 Å². The van der Waals surface area contributed by atoms with Crippen molar-refractivity contribution < 1.29 is 14.3 Å². The SMILES string of the molecule is CC(Cl)c1nnc(N2CCC(OCCO)CC2)o1. The molecule has 0 saturated carbocycles. The molecule has 1 N–H and O–H groups in total. The van der Waals surface area contributed by atoms with Gasteiger partial charge in [-0.1, -0.05) is 5.10 Å². The van der Waals surface area contributed by atoms with E-state index in [-0.39, 0.29) is 18.1 Å². The third-order valence-corrected chi connectivity index (χ3v) is 3.11. The Balaban J connectivity index is 1.85. The number of nitrogens with zero attached hydrogens (tertiary/aromatic N) is 3. The van der Waals surface area contributed by atoms with E-state index in [0.717, 1.165) is 25.9 Å². The molecule has 0 radical (unpaired) electrons. The van der Waals surface area contributed by atoms with Crippen molar-refractivity contribution in [3.63, 3.8) is 0 Å². The molecule has 1 fully saturated rings. The number of rotatable bonds is 5. The lowest BCUT2D eigenvalue weighted by Crippen LogP contribution is -2.37. The van der Waals surface area contributed by atoms with Crippen LogP contribution in [-0.4, -0.2) is 47.7 Å². The van der Waals surface area contributed by atoms with Crippen molar-refractivity contribution in [2.75, 3.05) is 31.2 Å². The van der Waals surface area contributed by atoms with Crippen LogP contribution in [0.25, 0.3) is 0 Å². The van der Waals surface area contributed by atoms with Crippen LogP contribution < -0.4 is 4.90 Å². The van der Waals surface area contributed by atoms with Crippen molar-refractivity contribution in [2.24, 2.45) is 0 Å². The average molecular weight is 276 g/mol. The van der Waals surface area contributed by atoms with Crippen LogP contribution in [-0.2, 0) is 4.74 Å². The Labute approximate surface area is 111 Å². The van der Waals surface area contributed by atoms with Crippen molar-refractivity contribution in [3.8, 4) is 0 Å². The van der Waals surface area contributed by atoms with Crippen molar-refractivity contribution in [2.45, 2.75) is 31.2 Å². The molecule has 102 valence electrons. The lowest BCUT2D eigenvalue weighted by molar-refractivity contribution is 0.0154. The highest BCUT2D eigenvalue weighted by Gasteiger charge is 2.23. The molecule has 1 aromatic heterocycles. The molecule has 0 aromatic carbocycles. The van der Waals surface area contributed by atoms with Crippen LogP contribution in [0.15, 0.2) is 4.42 Å².